The molecule has 76 heavy (non-hydrogen) atoms. The minimum Gasteiger partial charge on any atom is -0.368 e. The van der Waals surface area contributed by atoms with Crippen molar-refractivity contribution in [2.75, 3.05) is 92.2 Å². The van der Waals surface area contributed by atoms with Crippen LogP contribution in [0.2, 0.25) is 0 Å². The van der Waals surface area contributed by atoms with Crippen LogP contribution < -0.4 is 5.32 Å². The minimum atomic E-state index is -2.89. The van der Waals surface area contributed by atoms with Crippen LogP contribution in [0, 0.1) is 62.6 Å². The van der Waals surface area contributed by atoms with Gasteiger partial charge in [-0.3, -0.25) is 14.7 Å². The molecule has 0 radical (unpaired) electrons. The molecule has 1 N–H and O–H groups in total. The van der Waals surface area contributed by atoms with E-state index in [2.05, 4.69) is 138 Å². The number of sulfone groups is 3. The van der Waals surface area contributed by atoms with Gasteiger partial charge in [-0.15, -0.1) is 6.42 Å². The molecular weight excluding hydrogens is 1090 g/mol. The average Bonchev–Trinajstić information content (AvgIpc) is 3.84. The number of halogens is 1. The number of nitriles is 3. The normalized spacial score (nSPS) is 17.7. The molecule has 3 aliphatic heterocycles. The highest BCUT2D eigenvalue weighted by Gasteiger charge is 2.27. The van der Waals surface area contributed by atoms with E-state index < -0.39 is 29.5 Å². The zero-order valence-electron chi connectivity index (χ0n) is 45.0. The first-order valence-corrected chi connectivity index (χ1v) is 31.0. The van der Waals surface area contributed by atoms with Crippen molar-refractivity contribution in [1.82, 2.24) is 53.7 Å². The molecule has 3 fully saturated rings. The number of nitrogens with one attached hydrogen (secondary N) is 1. The van der Waals surface area contributed by atoms with Crippen LogP contribution >= 0.6 is 15.9 Å². The fourth-order valence-corrected chi connectivity index (χ4v) is 12.2. The Kier molecular flexibility index (Phi) is 20.7. The van der Waals surface area contributed by atoms with Crippen LogP contribution in [-0.4, -0.2) is 166 Å². The van der Waals surface area contributed by atoms with E-state index in [-0.39, 0.29) is 68.2 Å². The second-order valence-electron chi connectivity index (χ2n) is 22.6. The van der Waals surface area contributed by atoms with Gasteiger partial charge in [-0.25, -0.2) is 55.2 Å². The molecule has 0 aliphatic carbocycles. The Balaban J connectivity index is 0.000000197. The standard InChI is InChI=1S/2C17H23N5O2S.C10H13BrN4.C7H11NO2S/c2*1-17(2,3)12-22-14(11-21-4-6-25(23,24)7-5-21)8-13-10-19-15(9-18)20-16(13)22;1-10(2,3)6-14-9-7(11)5-13-8(4-12)15-9;1-2-3-8-4-6-11(9,10)7-5-8/h2*8,10H,4-7,11-12H2,1-3H3;5H,6H2,1-3H3,(H,13,14,15);1H,3-7H2. The molecule has 410 valence electrons. The van der Waals surface area contributed by atoms with Gasteiger partial charge in [0.25, 0.3) is 0 Å². The lowest BCUT2D eigenvalue weighted by molar-refractivity contribution is 0.271. The molecular formula is C51H70BrN15O6S3. The number of fused-ring (bicyclic) bond motifs is 2. The highest BCUT2D eigenvalue weighted by atomic mass is 79.9. The summed E-state index contributed by atoms with van der Waals surface area (Å²) in [5, 5.41) is 31.8. The molecule has 0 saturated carbocycles. The Morgan fingerprint density at radius 2 is 0.921 bits per heavy atom. The summed E-state index contributed by atoms with van der Waals surface area (Å²) in [5.74, 6) is 5.03. The van der Waals surface area contributed by atoms with Crippen LogP contribution in [0.25, 0.3) is 22.1 Å². The van der Waals surface area contributed by atoms with Crippen molar-refractivity contribution in [2.45, 2.75) is 88.5 Å². The van der Waals surface area contributed by atoms with Gasteiger partial charge in [0.2, 0.25) is 17.5 Å². The number of hydrogen-bond acceptors (Lipinski definition) is 19. The van der Waals surface area contributed by atoms with Gasteiger partial charge in [0.15, 0.2) is 29.5 Å². The smallest absolute Gasteiger partial charge is 0.234 e. The van der Waals surface area contributed by atoms with Crippen LogP contribution in [0.1, 0.15) is 91.2 Å². The van der Waals surface area contributed by atoms with Gasteiger partial charge in [0, 0.05) is 113 Å². The zero-order chi connectivity index (χ0) is 56.3. The summed E-state index contributed by atoms with van der Waals surface area (Å²) in [6.45, 7) is 26.9. The topological polar surface area (TPSA) is 283 Å². The lowest BCUT2D eigenvalue weighted by Crippen LogP contribution is -2.40. The Labute approximate surface area is 457 Å². The highest BCUT2D eigenvalue weighted by Crippen LogP contribution is 2.28. The SMILES string of the molecule is C#CCN1CCS(=O)(=O)CC1.CC(C)(C)CNc1nc(C#N)ncc1Br.CC(C)(C)Cn1c(CN2CCS(=O)(=O)CC2)cc2cnc(C#N)nc21.CC(C)(C)Cn1c(CN2CCS(=O)(=O)CC2)cc2cnc(C#N)nc21. The summed E-state index contributed by atoms with van der Waals surface area (Å²) in [6.07, 6.45) is 10.0. The number of nitrogens with zero attached hydrogens (tertiary/aromatic N) is 14. The Morgan fingerprint density at radius 1 is 0.566 bits per heavy atom. The summed E-state index contributed by atoms with van der Waals surface area (Å²) in [6, 6.07) is 9.99. The van der Waals surface area contributed by atoms with Crippen LogP contribution in [0.4, 0.5) is 5.82 Å². The molecule has 8 rings (SSSR count). The van der Waals surface area contributed by atoms with E-state index in [4.69, 9.17) is 22.2 Å². The lowest BCUT2D eigenvalue weighted by Gasteiger charge is -2.28. The first-order chi connectivity index (χ1) is 35.4. The van der Waals surface area contributed by atoms with Gasteiger partial charge in [0.1, 0.15) is 35.3 Å². The number of aromatic nitrogens is 8. The van der Waals surface area contributed by atoms with Crippen molar-refractivity contribution in [3.8, 4) is 30.6 Å². The van der Waals surface area contributed by atoms with E-state index in [1.54, 1.807) is 18.6 Å². The highest BCUT2D eigenvalue weighted by molar-refractivity contribution is 9.10. The number of hydrogen-bond donors (Lipinski definition) is 1. The predicted octanol–water partition coefficient (Wildman–Crippen LogP) is 5.08. The summed E-state index contributed by atoms with van der Waals surface area (Å²) < 4.78 is 73.4. The summed E-state index contributed by atoms with van der Waals surface area (Å²) >= 11 is 3.33. The van der Waals surface area contributed by atoms with Gasteiger partial charge in [-0.1, -0.05) is 68.2 Å². The van der Waals surface area contributed by atoms with E-state index in [1.165, 1.54) is 0 Å². The van der Waals surface area contributed by atoms with Gasteiger partial charge in [-0.05, 0) is 44.3 Å². The minimum absolute atomic E-state index is 0.0453. The van der Waals surface area contributed by atoms with E-state index in [9.17, 15) is 25.3 Å². The van der Waals surface area contributed by atoms with Crippen LogP contribution in [-0.2, 0) is 55.7 Å². The second kappa shape index (κ2) is 25.7. The van der Waals surface area contributed by atoms with Crippen molar-refractivity contribution in [1.29, 1.82) is 15.8 Å². The summed E-state index contributed by atoms with van der Waals surface area (Å²) in [7, 11) is -8.52. The fraction of sp³-hybridized carbons (Fsp3) is 0.588. The van der Waals surface area contributed by atoms with Crippen molar-refractivity contribution in [3.63, 3.8) is 0 Å². The van der Waals surface area contributed by atoms with E-state index in [1.807, 2.05) is 35.2 Å². The largest absolute Gasteiger partial charge is 0.368 e. The van der Waals surface area contributed by atoms with Gasteiger partial charge >= 0.3 is 0 Å². The number of terminal acetylenes is 1. The Bertz CT molecular complexity index is 3170. The average molecular weight is 1170 g/mol. The summed E-state index contributed by atoms with van der Waals surface area (Å²) in [5.41, 5.74) is 3.94. The van der Waals surface area contributed by atoms with Crippen molar-refractivity contribution >= 4 is 73.3 Å². The first-order valence-electron chi connectivity index (χ1n) is 24.8. The third-order valence-corrected chi connectivity index (χ3v) is 17.3. The number of rotatable bonds is 9. The molecule has 21 nitrogen and oxygen atoms in total. The van der Waals surface area contributed by atoms with Crippen LogP contribution in [0.3, 0.4) is 0 Å². The molecule has 0 atom stereocenters. The molecule has 0 bridgehead atoms. The van der Waals surface area contributed by atoms with Gasteiger partial charge in [0.05, 0.1) is 45.5 Å². The van der Waals surface area contributed by atoms with Crippen LogP contribution in [0.15, 0.2) is 35.2 Å². The molecule has 8 heterocycles. The van der Waals surface area contributed by atoms with E-state index >= 15 is 0 Å². The van der Waals surface area contributed by atoms with Gasteiger partial charge in [-0.2, -0.15) is 15.8 Å². The van der Waals surface area contributed by atoms with Crippen molar-refractivity contribution in [2.24, 2.45) is 16.2 Å². The molecule has 0 amide bonds. The maximum Gasteiger partial charge on any atom is 0.234 e. The first kappa shape index (κ1) is 61.2. The maximum atomic E-state index is 11.6. The zero-order valence-corrected chi connectivity index (χ0v) is 49.0. The second-order valence-corrected chi connectivity index (χ2v) is 30.4. The van der Waals surface area contributed by atoms with Crippen LogP contribution in [0.5, 0.6) is 0 Å². The third-order valence-electron chi connectivity index (χ3n) is 11.9. The van der Waals surface area contributed by atoms with E-state index in [0.29, 0.717) is 64.7 Å². The number of anilines is 1. The predicted molar refractivity (Wildman–Crippen MR) is 298 cm³/mol. The third kappa shape index (κ3) is 19.4. The maximum absolute atomic E-state index is 11.6. The Hall–Kier alpha value is -5.64. The van der Waals surface area contributed by atoms with Crippen molar-refractivity contribution < 1.29 is 25.3 Å². The quantitative estimate of drug-likeness (QED) is 0.188. The lowest BCUT2D eigenvalue weighted by atomic mass is 9.97. The molecule has 0 spiro atoms. The molecule has 5 aromatic heterocycles. The molecule has 5 aromatic rings. The fourth-order valence-electron chi connectivity index (χ4n) is 8.06. The molecule has 3 saturated heterocycles. The summed E-state index contributed by atoms with van der Waals surface area (Å²) in [4.78, 5) is 31.1. The molecule has 0 unspecified atom stereocenters. The van der Waals surface area contributed by atoms with E-state index in [0.717, 1.165) is 57.6 Å². The van der Waals surface area contributed by atoms with Crippen molar-refractivity contribution in [3.05, 3.63) is 64.1 Å². The molecule has 3 aliphatic rings. The molecule has 0 aromatic carbocycles. The monoisotopic (exact) mass is 1160 g/mol. The molecule has 25 heteroatoms. The van der Waals surface area contributed by atoms with Gasteiger partial charge < -0.3 is 14.5 Å². The Morgan fingerprint density at radius 3 is 1.26 bits per heavy atom.